The molecule has 0 radical (unpaired) electrons. The van der Waals surface area contributed by atoms with Gasteiger partial charge in [-0.1, -0.05) is 27.5 Å². The van der Waals surface area contributed by atoms with E-state index in [0.717, 1.165) is 4.47 Å². The van der Waals surface area contributed by atoms with Gasteiger partial charge in [-0.25, -0.2) is 9.67 Å². The van der Waals surface area contributed by atoms with Crippen LogP contribution in [0.25, 0.3) is 0 Å². The molecule has 0 atom stereocenters. The molecule has 2 aromatic rings. The van der Waals surface area contributed by atoms with E-state index < -0.39 is 0 Å². The first-order valence-corrected chi connectivity index (χ1v) is 6.11. The van der Waals surface area contributed by atoms with Crippen LogP contribution in [0.5, 0.6) is 0 Å². The number of amides is 1. The van der Waals surface area contributed by atoms with Crippen LogP contribution >= 0.6 is 27.5 Å². The standard InChI is InChI=1S/C10H9BrClN5O/c11-6-1-2-8(7(12)3-6)15-9(18)4-17-5-14-10(13)16-17/h1-3,5H,4H2,(H2,13,16)(H,15,18). The molecule has 0 saturated heterocycles. The molecular formula is C10H9BrClN5O. The normalized spacial score (nSPS) is 10.3. The summed E-state index contributed by atoms with van der Waals surface area (Å²) in [5.41, 5.74) is 5.89. The van der Waals surface area contributed by atoms with Crippen molar-refractivity contribution < 1.29 is 4.79 Å². The Bertz CT molecular complexity index is 585. The molecule has 1 aromatic carbocycles. The van der Waals surface area contributed by atoms with Crippen LogP contribution in [0.4, 0.5) is 11.6 Å². The summed E-state index contributed by atoms with van der Waals surface area (Å²) in [5.74, 6) is -0.131. The van der Waals surface area contributed by atoms with Crippen molar-refractivity contribution in [2.24, 2.45) is 0 Å². The molecule has 3 N–H and O–H groups in total. The van der Waals surface area contributed by atoms with Crippen LogP contribution in [0.3, 0.4) is 0 Å². The average Bonchev–Trinajstić information content (AvgIpc) is 2.68. The van der Waals surface area contributed by atoms with Gasteiger partial charge in [-0.15, -0.1) is 5.10 Å². The molecule has 0 unspecified atom stereocenters. The summed E-state index contributed by atoms with van der Waals surface area (Å²) in [5, 5.41) is 6.94. The van der Waals surface area contributed by atoms with Gasteiger partial charge in [-0.3, -0.25) is 4.79 Å². The number of anilines is 2. The summed E-state index contributed by atoms with van der Waals surface area (Å²) in [6.07, 6.45) is 1.39. The van der Waals surface area contributed by atoms with Crippen LogP contribution in [0.2, 0.25) is 5.02 Å². The molecule has 1 aromatic heterocycles. The van der Waals surface area contributed by atoms with E-state index in [0.29, 0.717) is 10.7 Å². The highest BCUT2D eigenvalue weighted by Gasteiger charge is 2.08. The number of carbonyl (C=O) groups excluding carboxylic acids is 1. The van der Waals surface area contributed by atoms with Gasteiger partial charge in [0.1, 0.15) is 12.9 Å². The number of aromatic nitrogens is 3. The van der Waals surface area contributed by atoms with Crippen LogP contribution < -0.4 is 11.1 Å². The summed E-state index contributed by atoms with van der Waals surface area (Å²) >= 11 is 9.27. The second kappa shape index (κ2) is 5.36. The Balaban J connectivity index is 2.03. The largest absolute Gasteiger partial charge is 0.367 e. The molecule has 0 aliphatic carbocycles. The highest BCUT2D eigenvalue weighted by molar-refractivity contribution is 9.10. The van der Waals surface area contributed by atoms with Gasteiger partial charge in [-0.2, -0.15) is 0 Å². The molecule has 1 amide bonds. The van der Waals surface area contributed by atoms with Crippen molar-refractivity contribution in [2.75, 3.05) is 11.1 Å². The number of rotatable bonds is 3. The monoisotopic (exact) mass is 329 g/mol. The Labute approximate surface area is 116 Å². The van der Waals surface area contributed by atoms with E-state index in [1.54, 1.807) is 18.2 Å². The van der Waals surface area contributed by atoms with Crippen molar-refractivity contribution in [2.45, 2.75) is 6.54 Å². The fourth-order valence-corrected chi connectivity index (χ4v) is 2.03. The maximum Gasteiger partial charge on any atom is 0.246 e. The van der Waals surface area contributed by atoms with Crippen LogP contribution in [-0.2, 0) is 11.3 Å². The molecule has 0 bridgehead atoms. The van der Waals surface area contributed by atoms with Gasteiger partial charge >= 0.3 is 0 Å². The van der Waals surface area contributed by atoms with E-state index in [-0.39, 0.29) is 18.4 Å². The van der Waals surface area contributed by atoms with Crippen molar-refractivity contribution in [3.63, 3.8) is 0 Å². The molecule has 18 heavy (non-hydrogen) atoms. The minimum Gasteiger partial charge on any atom is -0.367 e. The van der Waals surface area contributed by atoms with Crippen LogP contribution in [0.1, 0.15) is 0 Å². The zero-order valence-electron chi connectivity index (χ0n) is 9.10. The first-order valence-electron chi connectivity index (χ1n) is 4.94. The third-order valence-corrected chi connectivity index (χ3v) is 2.87. The summed E-state index contributed by atoms with van der Waals surface area (Å²) in [4.78, 5) is 15.4. The number of nitrogens with zero attached hydrogens (tertiary/aromatic N) is 3. The number of nitrogens with one attached hydrogen (secondary N) is 1. The zero-order chi connectivity index (χ0) is 13.1. The number of hydrogen-bond donors (Lipinski definition) is 2. The third kappa shape index (κ3) is 3.21. The molecule has 94 valence electrons. The van der Waals surface area contributed by atoms with Gasteiger partial charge in [0.05, 0.1) is 10.7 Å². The number of halogens is 2. The van der Waals surface area contributed by atoms with E-state index in [1.165, 1.54) is 11.0 Å². The van der Waals surface area contributed by atoms with Crippen LogP contribution in [-0.4, -0.2) is 20.7 Å². The van der Waals surface area contributed by atoms with E-state index in [1.807, 2.05) is 0 Å². The first-order chi connectivity index (χ1) is 8.54. The molecule has 0 aliphatic heterocycles. The molecule has 0 fully saturated rings. The van der Waals surface area contributed by atoms with Gasteiger partial charge in [0.25, 0.3) is 0 Å². The highest BCUT2D eigenvalue weighted by atomic mass is 79.9. The molecular weight excluding hydrogens is 322 g/mol. The van der Waals surface area contributed by atoms with Crippen LogP contribution in [0.15, 0.2) is 29.0 Å². The molecule has 2 rings (SSSR count). The van der Waals surface area contributed by atoms with Crippen molar-refractivity contribution in [3.05, 3.63) is 34.0 Å². The van der Waals surface area contributed by atoms with Crippen molar-refractivity contribution in [3.8, 4) is 0 Å². The van der Waals surface area contributed by atoms with E-state index in [9.17, 15) is 4.79 Å². The number of benzene rings is 1. The summed E-state index contributed by atoms with van der Waals surface area (Å²) < 4.78 is 2.19. The first kappa shape index (κ1) is 12.8. The smallest absolute Gasteiger partial charge is 0.246 e. The van der Waals surface area contributed by atoms with E-state index in [2.05, 4.69) is 31.3 Å². The van der Waals surface area contributed by atoms with E-state index >= 15 is 0 Å². The Kier molecular flexibility index (Phi) is 3.83. The quantitative estimate of drug-likeness (QED) is 0.900. The molecule has 0 spiro atoms. The third-order valence-electron chi connectivity index (χ3n) is 2.07. The second-order valence-electron chi connectivity index (χ2n) is 3.47. The average molecular weight is 331 g/mol. The van der Waals surface area contributed by atoms with Gasteiger partial charge in [-0.05, 0) is 18.2 Å². The van der Waals surface area contributed by atoms with Crippen LogP contribution in [0, 0.1) is 0 Å². The fraction of sp³-hybridized carbons (Fsp3) is 0.100. The minimum atomic E-state index is -0.260. The maximum absolute atomic E-state index is 11.7. The Morgan fingerprint density at radius 3 is 2.94 bits per heavy atom. The van der Waals surface area contributed by atoms with Crippen molar-refractivity contribution in [1.82, 2.24) is 14.8 Å². The predicted octanol–water partition coefficient (Wildman–Crippen LogP) is 1.91. The molecule has 6 nitrogen and oxygen atoms in total. The molecule has 1 heterocycles. The lowest BCUT2D eigenvalue weighted by Gasteiger charge is -2.07. The zero-order valence-corrected chi connectivity index (χ0v) is 11.4. The highest BCUT2D eigenvalue weighted by Crippen LogP contribution is 2.25. The molecule has 0 saturated carbocycles. The maximum atomic E-state index is 11.7. The Morgan fingerprint density at radius 1 is 1.56 bits per heavy atom. The lowest BCUT2D eigenvalue weighted by atomic mass is 10.3. The summed E-state index contributed by atoms with van der Waals surface area (Å²) in [6, 6.07) is 5.19. The summed E-state index contributed by atoms with van der Waals surface area (Å²) in [7, 11) is 0. The number of carbonyl (C=O) groups is 1. The molecule has 8 heteroatoms. The van der Waals surface area contributed by atoms with E-state index in [4.69, 9.17) is 17.3 Å². The summed E-state index contributed by atoms with van der Waals surface area (Å²) in [6.45, 7) is 0.0244. The second-order valence-corrected chi connectivity index (χ2v) is 4.80. The molecule has 0 aliphatic rings. The lowest BCUT2D eigenvalue weighted by Crippen LogP contribution is -2.19. The van der Waals surface area contributed by atoms with Gasteiger partial charge in [0.15, 0.2) is 0 Å². The number of hydrogen-bond acceptors (Lipinski definition) is 4. The Morgan fingerprint density at radius 2 is 2.33 bits per heavy atom. The minimum absolute atomic E-state index is 0.0244. The van der Waals surface area contributed by atoms with Gasteiger partial charge in [0.2, 0.25) is 11.9 Å². The van der Waals surface area contributed by atoms with Crippen molar-refractivity contribution in [1.29, 1.82) is 0 Å². The van der Waals surface area contributed by atoms with Gasteiger partial charge in [0, 0.05) is 4.47 Å². The lowest BCUT2D eigenvalue weighted by molar-refractivity contribution is -0.116. The topological polar surface area (TPSA) is 85.8 Å². The predicted molar refractivity (Wildman–Crippen MR) is 72.2 cm³/mol. The number of nitrogen functional groups attached to an aromatic ring is 1. The SMILES string of the molecule is Nc1ncn(CC(=O)Nc2ccc(Br)cc2Cl)n1. The van der Waals surface area contributed by atoms with Crippen molar-refractivity contribution >= 4 is 45.1 Å². The Hall–Kier alpha value is -1.60. The fourth-order valence-electron chi connectivity index (χ4n) is 1.31. The number of nitrogens with two attached hydrogens (primary N) is 1. The van der Waals surface area contributed by atoms with Gasteiger partial charge < -0.3 is 11.1 Å².